The Bertz CT molecular complexity index is 441. The van der Waals surface area contributed by atoms with Crippen LogP contribution in [-0.4, -0.2) is 20.1 Å². The van der Waals surface area contributed by atoms with E-state index < -0.39 is 0 Å². The maximum absolute atomic E-state index is 8.85. The van der Waals surface area contributed by atoms with E-state index in [1.807, 2.05) is 6.07 Å². The Balaban J connectivity index is 2.39. The normalized spacial score (nSPS) is 10.4. The summed E-state index contributed by atoms with van der Waals surface area (Å²) in [6.45, 7) is -0.0576. The maximum Gasteiger partial charge on any atom is 0.139 e. The van der Waals surface area contributed by atoms with Gasteiger partial charge in [0.05, 0.1) is 12.3 Å². The Kier molecular flexibility index (Phi) is 2.60. The molecule has 5 heteroatoms. The van der Waals surface area contributed by atoms with Crippen molar-refractivity contribution in [1.82, 2.24) is 15.0 Å². The molecule has 0 aromatic carbocycles. The molecule has 0 aliphatic carbocycles. The predicted molar refractivity (Wildman–Crippen MR) is 55.4 cm³/mol. The average molecular weight is 254 g/mol. The van der Waals surface area contributed by atoms with Crippen molar-refractivity contribution < 1.29 is 5.11 Å². The summed E-state index contributed by atoms with van der Waals surface area (Å²) in [5, 5.41) is 8.85. The zero-order chi connectivity index (χ0) is 9.97. The zero-order valence-corrected chi connectivity index (χ0v) is 8.82. The van der Waals surface area contributed by atoms with E-state index in [-0.39, 0.29) is 6.61 Å². The smallest absolute Gasteiger partial charge is 0.139 e. The van der Waals surface area contributed by atoms with Gasteiger partial charge in [0.25, 0.3) is 0 Å². The minimum Gasteiger partial charge on any atom is -0.390 e. The second-order valence-corrected chi connectivity index (χ2v) is 3.71. The number of hydrogen-bond donors (Lipinski definition) is 2. The number of halogens is 1. The number of nitrogens with one attached hydrogen (secondary N) is 1. The first-order chi connectivity index (χ1) is 6.79. The van der Waals surface area contributed by atoms with E-state index in [0.717, 1.165) is 10.0 Å². The summed E-state index contributed by atoms with van der Waals surface area (Å²) >= 11 is 3.33. The highest BCUT2D eigenvalue weighted by molar-refractivity contribution is 9.10. The van der Waals surface area contributed by atoms with Gasteiger partial charge in [-0.15, -0.1) is 0 Å². The minimum absolute atomic E-state index is 0.0576. The number of aromatic amines is 1. The third-order valence-electron chi connectivity index (χ3n) is 1.77. The van der Waals surface area contributed by atoms with E-state index in [1.165, 1.54) is 0 Å². The molecule has 0 fully saturated rings. The zero-order valence-electron chi connectivity index (χ0n) is 7.24. The molecule has 0 radical (unpaired) electrons. The van der Waals surface area contributed by atoms with E-state index in [4.69, 9.17) is 5.11 Å². The third kappa shape index (κ3) is 1.83. The summed E-state index contributed by atoms with van der Waals surface area (Å²) in [5.41, 5.74) is 1.51. The van der Waals surface area contributed by atoms with Crippen LogP contribution in [0.3, 0.4) is 0 Å². The molecule has 2 aromatic heterocycles. The first kappa shape index (κ1) is 9.36. The van der Waals surface area contributed by atoms with Crippen LogP contribution < -0.4 is 0 Å². The average Bonchev–Trinajstić information content (AvgIpc) is 2.66. The summed E-state index contributed by atoms with van der Waals surface area (Å²) in [4.78, 5) is 11.2. The van der Waals surface area contributed by atoms with Crippen molar-refractivity contribution >= 4 is 15.9 Å². The standard InChI is InChI=1S/C9H8BrN3O/c10-7-1-6(2-11-3-7)9-12-4-8(5-14)13-9/h1-4,14H,5H2,(H,12,13). The van der Waals surface area contributed by atoms with E-state index >= 15 is 0 Å². The van der Waals surface area contributed by atoms with Crippen LogP contribution in [0.15, 0.2) is 29.1 Å². The second-order valence-electron chi connectivity index (χ2n) is 2.79. The van der Waals surface area contributed by atoms with Crippen LogP contribution >= 0.6 is 15.9 Å². The molecule has 2 N–H and O–H groups in total. The van der Waals surface area contributed by atoms with Gasteiger partial charge >= 0.3 is 0 Å². The predicted octanol–water partition coefficient (Wildman–Crippen LogP) is 1.73. The molecule has 0 bridgehead atoms. The molecule has 2 heterocycles. The Labute approximate surface area is 89.2 Å². The van der Waals surface area contributed by atoms with Gasteiger partial charge in [-0.05, 0) is 22.0 Å². The minimum atomic E-state index is -0.0576. The Morgan fingerprint density at radius 2 is 2.29 bits per heavy atom. The molecule has 2 aromatic rings. The van der Waals surface area contributed by atoms with Crippen molar-refractivity contribution in [1.29, 1.82) is 0 Å². The highest BCUT2D eigenvalue weighted by Gasteiger charge is 2.03. The SMILES string of the molecule is OCc1c[nH]c(-c2cncc(Br)c2)n1. The van der Waals surface area contributed by atoms with Crippen LogP contribution in [-0.2, 0) is 6.61 Å². The maximum atomic E-state index is 8.85. The molecule has 0 atom stereocenters. The number of aromatic nitrogens is 3. The number of nitrogens with zero attached hydrogens (tertiary/aromatic N) is 2. The van der Waals surface area contributed by atoms with E-state index in [0.29, 0.717) is 11.5 Å². The summed E-state index contributed by atoms with van der Waals surface area (Å²) in [6, 6.07) is 1.91. The Morgan fingerprint density at radius 1 is 1.43 bits per heavy atom. The van der Waals surface area contributed by atoms with Crippen molar-refractivity contribution in [2.75, 3.05) is 0 Å². The van der Waals surface area contributed by atoms with Crippen LogP contribution in [0.1, 0.15) is 5.69 Å². The van der Waals surface area contributed by atoms with Gasteiger partial charge in [0.2, 0.25) is 0 Å². The summed E-state index contributed by atoms with van der Waals surface area (Å²) in [5.74, 6) is 0.711. The molecule has 0 unspecified atom stereocenters. The molecule has 14 heavy (non-hydrogen) atoms. The van der Waals surface area contributed by atoms with E-state index in [2.05, 4.69) is 30.9 Å². The highest BCUT2D eigenvalue weighted by Crippen LogP contribution is 2.18. The summed E-state index contributed by atoms with van der Waals surface area (Å²) < 4.78 is 0.900. The molecule has 0 aliphatic heterocycles. The van der Waals surface area contributed by atoms with Crippen molar-refractivity contribution in [2.45, 2.75) is 6.61 Å². The lowest BCUT2D eigenvalue weighted by molar-refractivity contribution is 0.277. The lowest BCUT2D eigenvalue weighted by Gasteiger charge is -1.95. The number of pyridine rings is 1. The van der Waals surface area contributed by atoms with Crippen molar-refractivity contribution in [3.8, 4) is 11.4 Å². The van der Waals surface area contributed by atoms with Crippen LogP contribution in [0, 0.1) is 0 Å². The summed E-state index contributed by atoms with van der Waals surface area (Å²) in [6.07, 6.45) is 5.10. The second kappa shape index (κ2) is 3.89. The fourth-order valence-electron chi connectivity index (χ4n) is 1.13. The van der Waals surface area contributed by atoms with Crippen LogP contribution in [0.25, 0.3) is 11.4 Å². The molecule has 0 saturated carbocycles. The van der Waals surface area contributed by atoms with Crippen LogP contribution in [0.5, 0.6) is 0 Å². The van der Waals surface area contributed by atoms with Gasteiger partial charge in [-0.25, -0.2) is 4.98 Å². The van der Waals surface area contributed by atoms with Gasteiger partial charge in [0.15, 0.2) is 0 Å². The molecule has 4 nitrogen and oxygen atoms in total. The molecular weight excluding hydrogens is 246 g/mol. The topological polar surface area (TPSA) is 61.8 Å². The Hall–Kier alpha value is -1.20. The van der Waals surface area contributed by atoms with Gasteiger partial charge in [-0.1, -0.05) is 0 Å². The lowest BCUT2D eigenvalue weighted by atomic mass is 10.3. The van der Waals surface area contributed by atoms with E-state index in [9.17, 15) is 0 Å². The number of rotatable bonds is 2. The number of aliphatic hydroxyl groups is 1. The molecule has 0 spiro atoms. The van der Waals surface area contributed by atoms with Gasteiger partial charge in [-0.3, -0.25) is 4.98 Å². The highest BCUT2D eigenvalue weighted by atomic mass is 79.9. The Morgan fingerprint density at radius 3 is 2.93 bits per heavy atom. The number of aliphatic hydroxyl groups excluding tert-OH is 1. The van der Waals surface area contributed by atoms with Gasteiger partial charge in [0, 0.05) is 28.6 Å². The largest absolute Gasteiger partial charge is 0.390 e. The van der Waals surface area contributed by atoms with Crippen molar-refractivity contribution in [2.24, 2.45) is 0 Å². The monoisotopic (exact) mass is 253 g/mol. The number of H-pyrrole nitrogens is 1. The molecule has 72 valence electrons. The number of imidazole rings is 1. The molecular formula is C9H8BrN3O. The first-order valence-corrected chi connectivity index (χ1v) is 4.85. The van der Waals surface area contributed by atoms with Gasteiger partial charge in [-0.2, -0.15) is 0 Å². The van der Waals surface area contributed by atoms with Gasteiger partial charge in [0.1, 0.15) is 5.82 Å². The van der Waals surface area contributed by atoms with Gasteiger partial charge < -0.3 is 10.1 Å². The molecule has 2 rings (SSSR count). The molecule has 0 saturated heterocycles. The summed E-state index contributed by atoms with van der Waals surface area (Å²) in [7, 11) is 0. The van der Waals surface area contributed by atoms with Crippen LogP contribution in [0.2, 0.25) is 0 Å². The number of hydrogen-bond acceptors (Lipinski definition) is 3. The molecule has 0 amide bonds. The fraction of sp³-hybridized carbons (Fsp3) is 0.111. The van der Waals surface area contributed by atoms with Crippen molar-refractivity contribution in [3.63, 3.8) is 0 Å². The van der Waals surface area contributed by atoms with Crippen LogP contribution in [0.4, 0.5) is 0 Å². The lowest BCUT2D eigenvalue weighted by Crippen LogP contribution is -1.84. The molecule has 0 aliphatic rings. The van der Waals surface area contributed by atoms with Crippen molar-refractivity contribution in [3.05, 3.63) is 34.8 Å². The van der Waals surface area contributed by atoms with E-state index in [1.54, 1.807) is 18.6 Å². The fourth-order valence-corrected chi connectivity index (χ4v) is 1.49. The third-order valence-corrected chi connectivity index (χ3v) is 2.20. The first-order valence-electron chi connectivity index (χ1n) is 4.05. The quantitative estimate of drug-likeness (QED) is 0.857.